The second-order valence-electron chi connectivity index (χ2n) is 5.35. The number of amides is 2. The largest absolute Gasteiger partial charge is 0.501 e. The van der Waals surface area contributed by atoms with Crippen LogP contribution in [0, 0.1) is 10.7 Å². The van der Waals surface area contributed by atoms with Crippen LogP contribution in [0.15, 0.2) is 46.0 Å². The van der Waals surface area contributed by atoms with Crippen LogP contribution in [-0.4, -0.2) is 16.1 Å². The maximum atomic E-state index is 12.7. The SMILES string of the molecule is O=C(Nc1c(I)ccc(I)c1I)Nc1c(O)c(=O)[nH]c2ccccc2c1=O. The van der Waals surface area contributed by atoms with Crippen molar-refractivity contribution in [1.82, 2.24) is 4.98 Å². The minimum Gasteiger partial charge on any atom is -0.501 e. The van der Waals surface area contributed by atoms with Gasteiger partial charge < -0.3 is 20.7 Å². The van der Waals surface area contributed by atoms with E-state index in [9.17, 15) is 19.5 Å². The fraction of sp³-hybridized carbons (Fsp3) is 0. The van der Waals surface area contributed by atoms with E-state index >= 15 is 0 Å². The average Bonchev–Trinajstić information content (AvgIpc) is 2.73. The van der Waals surface area contributed by atoms with Gasteiger partial charge in [-0.1, -0.05) is 12.1 Å². The first-order chi connectivity index (χ1) is 12.8. The lowest BCUT2D eigenvalue weighted by Gasteiger charge is -2.11. The number of H-pyrrole nitrogens is 1. The Hall–Kier alpha value is -1.42. The Kier molecular flexibility index (Phi) is 6.25. The van der Waals surface area contributed by atoms with Gasteiger partial charge in [-0.15, -0.1) is 0 Å². The van der Waals surface area contributed by atoms with Crippen LogP contribution in [0.5, 0.6) is 5.75 Å². The molecule has 0 saturated heterocycles. The van der Waals surface area contributed by atoms with Gasteiger partial charge in [-0.3, -0.25) is 9.59 Å². The number of rotatable bonds is 2. The summed E-state index contributed by atoms with van der Waals surface area (Å²) in [6.07, 6.45) is 0. The van der Waals surface area contributed by atoms with Crippen molar-refractivity contribution in [3.63, 3.8) is 0 Å². The van der Waals surface area contributed by atoms with Crippen LogP contribution in [0.25, 0.3) is 10.9 Å². The number of hydrogen-bond acceptors (Lipinski definition) is 4. The van der Waals surface area contributed by atoms with E-state index in [0.717, 1.165) is 10.7 Å². The number of aromatic hydroxyl groups is 1. The molecule has 1 heterocycles. The van der Waals surface area contributed by atoms with Crippen LogP contribution in [0.1, 0.15) is 0 Å². The Bertz CT molecular complexity index is 1190. The normalized spacial score (nSPS) is 10.6. The van der Waals surface area contributed by atoms with Gasteiger partial charge in [-0.05, 0) is 92.0 Å². The highest BCUT2D eigenvalue weighted by Gasteiger charge is 2.17. The summed E-state index contributed by atoms with van der Waals surface area (Å²) in [6.45, 7) is 0. The lowest BCUT2D eigenvalue weighted by Crippen LogP contribution is -2.24. The van der Waals surface area contributed by atoms with Crippen LogP contribution in [-0.2, 0) is 0 Å². The van der Waals surface area contributed by atoms with Gasteiger partial charge >= 0.3 is 6.03 Å². The van der Waals surface area contributed by atoms with Crippen LogP contribution in [0.3, 0.4) is 0 Å². The topological polar surface area (TPSA) is 111 Å². The summed E-state index contributed by atoms with van der Waals surface area (Å²) in [6, 6.07) is 9.33. The van der Waals surface area contributed by atoms with Crippen LogP contribution >= 0.6 is 67.8 Å². The molecule has 7 nitrogen and oxygen atoms in total. The molecule has 0 radical (unpaired) electrons. The number of nitrogens with one attached hydrogen (secondary N) is 3. The van der Waals surface area contributed by atoms with E-state index < -0.39 is 28.5 Å². The summed E-state index contributed by atoms with van der Waals surface area (Å²) in [5, 5.41) is 15.3. The van der Waals surface area contributed by atoms with Gasteiger partial charge in [0, 0.05) is 12.5 Å². The van der Waals surface area contributed by atoms with E-state index in [0.29, 0.717) is 5.69 Å². The molecule has 138 valence electrons. The Labute approximate surface area is 193 Å². The van der Waals surface area contributed by atoms with Gasteiger partial charge in [-0.25, -0.2) is 4.79 Å². The Morgan fingerprint density at radius 2 is 1.56 bits per heavy atom. The third kappa shape index (κ3) is 4.21. The van der Waals surface area contributed by atoms with Crippen LogP contribution < -0.4 is 21.6 Å². The zero-order valence-corrected chi connectivity index (χ0v) is 19.7. The smallest absolute Gasteiger partial charge is 0.323 e. The molecule has 0 unspecified atom stereocenters. The van der Waals surface area contributed by atoms with Gasteiger partial charge in [0.2, 0.25) is 11.2 Å². The van der Waals surface area contributed by atoms with E-state index in [1.54, 1.807) is 12.1 Å². The molecule has 0 aliphatic rings. The Morgan fingerprint density at radius 1 is 0.926 bits per heavy atom. The molecule has 2 amide bonds. The lowest BCUT2D eigenvalue weighted by molar-refractivity contribution is 0.262. The maximum Gasteiger partial charge on any atom is 0.323 e. The molecule has 0 aliphatic heterocycles. The van der Waals surface area contributed by atoms with Gasteiger partial charge in [0.25, 0.3) is 5.56 Å². The minimum absolute atomic E-state index is 0.170. The second-order valence-corrected chi connectivity index (χ2v) is 8.75. The maximum absolute atomic E-state index is 12.7. The first-order valence-electron chi connectivity index (χ1n) is 7.39. The van der Waals surface area contributed by atoms with Crippen LogP contribution in [0.2, 0.25) is 0 Å². The number of anilines is 2. The van der Waals surface area contributed by atoms with Crippen molar-refractivity contribution in [3.05, 3.63) is 67.7 Å². The summed E-state index contributed by atoms with van der Waals surface area (Å²) < 4.78 is 2.59. The molecule has 2 aromatic carbocycles. The molecule has 10 heteroatoms. The lowest BCUT2D eigenvalue weighted by atomic mass is 10.2. The van der Waals surface area contributed by atoms with Crippen molar-refractivity contribution in [2.75, 3.05) is 10.6 Å². The minimum atomic E-state index is -0.873. The van der Waals surface area contributed by atoms with Crippen molar-refractivity contribution in [1.29, 1.82) is 0 Å². The number of carbonyl (C=O) groups excluding carboxylic acids is 1. The van der Waals surface area contributed by atoms with Crippen molar-refractivity contribution in [3.8, 4) is 5.75 Å². The van der Waals surface area contributed by atoms with E-state index in [1.807, 2.05) is 12.1 Å². The number of aromatic nitrogens is 1. The Morgan fingerprint density at radius 3 is 2.30 bits per heavy atom. The molecule has 0 saturated carbocycles. The first-order valence-corrected chi connectivity index (χ1v) is 10.6. The molecule has 0 bridgehead atoms. The molecule has 1 aromatic heterocycles. The van der Waals surface area contributed by atoms with Gasteiger partial charge in [0.1, 0.15) is 5.69 Å². The Balaban J connectivity index is 2.05. The zero-order valence-electron chi connectivity index (χ0n) is 13.3. The number of benzene rings is 2. The highest BCUT2D eigenvalue weighted by molar-refractivity contribution is 14.1. The van der Waals surface area contributed by atoms with Crippen LogP contribution in [0.4, 0.5) is 16.2 Å². The number of para-hydroxylation sites is 1. The summed E-state index contributed by atoms with van der Waals surface area (Å²) in [4.78, 5) is 39.7. The average molecular weight is 701 g/mol. The molecule has 3 aromatic rings. The van der Waals surface area contributed by atoms with Gasteiger partial charge in [0.15, 0.2) is 0 Å². The van der Waals surface area contributed by atoms with Crippen molar-refractivity contribution >= 4 is 96.1 Å². The van der Waals surface area contributed by atoms with Crippen molar-refractivity contribution in [2.45, 2.75) is 0 Å². The number of hydrogen-bond donors (Lipinski definition) is 4. The van der Waals surface area contributed by atoms with Crippen molar-refractivity contribution in [2.24, 2.45) is 0 Å². The van der Waals surface area contributed by atoms with Gasteiger partial charge in [0.05, 0.1) is 14.8 Å². The fourth-order valence-electron chi connectivity index (χ4n) is 2.34. The summed E-state index contributed by atoms with van der Waals surface area (Å²) in [7, 11) is 0. The fourth-order valence-corrected chi connectivity index (χ4v) is 4.50. The monoisotopic (exact) mass is 701 g/mol. The quantitative estimate of drug-likeness (QED) is 0.239. The first kappa shape index (κ1) is 20.3. The molecule has 0 fully saturated rings. The summed E-state index contributed by atoms with van der Waals surface area (Å²) in [5.74, 6) is -0.849. The molecular weight excluding hydrogens is 691 g/mol. The van der Waals surface area contributed by atoms with E-state index in [4.69, 9.17) is 0 Å². The van der Waals surface area contributed by atoms with E-state index in [-0.39, 0.29) is 10.9 Å². The van der Waals surface area contributed by atoms with Gasteiger partial charge in [-0.2, -0.15) is 0 Å². The molecular formula is C17H10I3N3O4. The molecule has 0 atom stereocenters. The summed E-state index contributed by atoms with van der Waals surface area (Å²) >= 11 is 6.33. The van der Waals surface area contributed by atoms with Crippen molar-refractivity contribution < 1.29 is 9.90 Å². The second kappa shape index (κ2) is 8.30. The van der Waals surface area contributed by atoms with E-state index in [2.05, 4.69) is 83.4 Å². The number of aromatic amines is 1. The third-order valence-corrected chi connectivity index (χ3v) is 7.57. The number of carbonyl (C=O) groups is 1. The zero-order chi connectivity index (χ0) is 19.7. The highest BCUT2D eigenvalue weighted by Crippen LogP contribution is 2.29. The number of halogens is 3. The predicted molar refractivity (Wildman–Crippen MR) is 130 cm³/mol. The standard InChI is InChI=1S/C17H10I3N3O4/c18-8-5-6-9(19)12(11(8)20)22-17(27)23-13-14(24)7-3-1-2-4-10(7)21-16(26)15(13)25/h1-6H,(H4,21,22,23,24,25,26,27). The predicted octanol–water partition coefficient (Wildman–Crippen LogP) is 4.05. The molecule has 0 spiro atoms. The number of urea groups is 1. The molecule has 0 aliphatic carbocycles. The molecule has 27 heavy (non-hydrogen) atoms. The highest BCUT2D eigenvalue weighted by atomic mass is 127. The molecule has 4 N–H and O–H groups in total. The number of fused-ring (bicyclic) bond motifs is 1. The molecule has 3 rings (SSSR count). The third-order valence-electron chi connectivity index (χ3n) is 3.62. The van der Waals surface area contributed by atoms with E-state index in [1.165, 1.54) is 12.1 Å². The summed E-state index contributed by atoms with van der Waals surface area (Å²) in [5.41, 5.74) is -1.18.